The molecular weight excluding hydrogens is 244 g/mol. The Morgan fingerprint density at radius 2 is 2.18 bits per heavy atom. The molecule has 0 unspecified atom stereocenters. The molecule has 1 aromatic heterocycles. The van der Waals surface area contributed by atoms with E-state index in [0.717, 1.165) is 0 Å². The largest absolute Gasteiger partial charge is 0.351 e. The van der Waals surface area contributed by atoms with E-state index in [1.54, 1.807) is 6.07 Å². The Bertz CT molecular complexity index is 501. The third kappa shape index (κ3) is 4.89. The van der Waals surface area contributed by atoms with Gasteiger partial charge in [-0.3, -0.25) is 9.78 Å². The second-order valence-electron chi connectivity index (χ2n) is 3.36. The molecule has 1 amide bonds. The highest BCUT2D eigenvalue weighted by molar-refractivity contribution is 7.89. The number of carbonyl (C=O) groups is 1. The van der Waals surface area contributed by atoms with E-state index in [4.69, 9.17) is 10.9 Å². The first-order valence-corrected chi connectivity index (χ1v) is 6.57. The molecule has 0 saturated carbocycles. The number of nitrogens with two attached hydrogens (primary N) is 2. The maximum Gasteiger partial charge on any atom is 0.251 e. The van der Waals surface area contributed by atoms with Crippen molar-refractivity contribution in [2.24, 2.45) is 10.9 Å². The van der Waals surface area contributed by atoms with Crippen LogP contribution in [-0.2, 0) is 16.6 Å². The summed E-state index contributed by atoms with van der Waals surface area (Å²) < 4.78 is 21.3. The van der Waals surface area contributed by atoms with Gasteiger partial charge in [-0.05, 0) is 12.1 Å². The molecule has 1 rings (SSSR count). The van der Waals surface area contributed by atoms with Crippen molar-refractivity contribution in [1.29, 1.82) is 0 Å². The van der Waals surface area contributed by atoms with Crippen molar-refractivity contribution in [1.82, 2.24) is 10.3 Å². The predicted octanol–water partition coefficient (Wildman–Crippen LogP) is -1.44. The molecule has 0 aliphatic heterocycles. The first kappa shape index (κ1) is 13.6. The minimum absolute atomic E-state index is 0.0298. The number of nitrogens with one attached hydrogen (secondary N) is 1. The summed E-state index contributed by atoms with van der Waals surface area (Å²) in [4.78, 5) is 15.5. The lowest BCUT2D eigenvalue weighted by Crippen LogP contribution is -2.31. The van der Waals surface area contributed by atoms with Crippen molar-refractivity contribution in [2.45, 2.75) is 6.54 Å². The van der Waals surface area contributed by atoms with Crippen LogP contribution in [0.25, 0.3) is 0 Å². The monoisotopic (exact) mass is 258 g/mol. The molecule has 0 aliphatic carbocycles. The Labute approximate surface area is 99.3 Å². The molecule has 1 heterocycles. The van der Waals surface area contributed by atoms with Crippen molar-refractivity contribution < 1.29 is 13.2 Å². The van der Waals surface area contributed by atoms with Crippen LogP contribution in [0, 0.1) is 0 Å². The van der Waals surface area contributed by atoms with Crippen molar-refractivity contribution in [3.8, 4) is 0 Å². The van der Waals surface area contributed by atoms with Crippen molar-refractivity contribution >= 4 is 15.9 Å². The normalized spacial score (nSPS) is 11.2. The van der Waals surface area contributed by atoms with E-state index >= 15 is 0 Å². The maximum atomic E-state index is 11.6. The fourth-order valence-corrected chi connectivity index (χ4v) is 1.53. The smallest absolute Gasteiger partial charge is 0.251 e. The molecule has 0 atom stereocenters. The van der Waals surface area contributed by atoms with Gasteiger partial charge in [-0.15, -0.1) is 0 Å². The standard InChI is InChI=1S/C9H14N4O3S/c10-6-8-5-7(1-2-12-8)9(14)13-3-4-17(11,15)16/h1-2,5H,3-4,6,10H2,(H,13,14)(H2,11,15,16). The average Bonchev–Trinajstić information content (AvgIpc) is 2.27. The molecule has 0 bridgehead atoms. The topological polar surface area (TPSA) is 128 Å². The van der Waals surface area contributed by atoms with Crippen LogP contribution in [0.4, 0.5) is 0 Å². The van der Waals surface area contributed by atoms with Gasteiger partial charge in [-0.25, -0.2) is 13.6 Å². The van der Waals surface area contributed by atoms with Gasteiger partial charge in [-0.1, -0.05) is 0 Å². The minimum atomic E-state index is -3.56. The lowest BCUT2D eigenvalue weighted by atomic mass is 10.2. The number of hydrogen-bond acceptors (Lipinski definition) is 5. The molecule has 0 radical (unpaired) electrons. The van der Waals surface area contributed by atoms with E-state index in [1.807, 2.05) is 0 Å². The Morgan fingerprint density at radius 3 is 2.76 bits per heavy atom. The molecule has 94 valence electrons. The number of aromatic nitrogens is 1. The van der Waals surface area contributed by atoms with E-state index in [0.29, 0.717) is 11.3 Å². The molecular formula is C9H14N4O3S. The summed E-state index contributed by atoms with van der Waals surface area (Å²) >= 11 is 0. The third-order valence-electron chi connectivity index (χ3n) is 1.96. The predicted molar refractivity (Wildman–Crippen MR) is 62.4 cm³/mol. The number of pyridine rings is 1. The second kappa shape index (κ2) is 5.71. The minimum Gasteiger partial charge on any atom is -0.351 e. The van der Waals surface area contributed by atoms with Gasteiger partial charge in [0.15, 0.2) is 0 Å². The van der Waals surface area contributed by atoms with Gasteiger partial charge in [-0.2, -0.15) is 0 Å². The highest BCUT2D eigenvalue weighted by Crippen LogP contribution is 2.00. The quantitative estimate of drug-likeness (QED) is 0.595. The third-order valence-corrected chi connectivity index (χ3v) is 2.73. The summed E-state index contributed by atoms with van der Waals surface area (Å²) in [5.74, 6) is -0.682. The highest BCUT2D eigenvalue weighted by Gasteiger charge is 2.08. The second-order valence-corrected chi connectivity index (χ2v) is 5.10. The number of hydrogen-bond donors (Lipinski definition) is 3. The Hall–Kier alpha value is -1.51. The fourth-order valence-electron chi connectivity index (χ4n) is 1.14. The first-order valence-electron chi connectivity index (χ1n) is 4.86. The van der Waals surface area contributed by atoms with Crippen LogP contribution in [-0.4, -0.2) is 31.6 Å². The van der Waals surface area contributed by atoms with Gasteiger partial charge in [0.2, 0.25) is 10.0 Å². The lowest BCUT2D eigenvalue weighted by molar-refractivity contribution is 0.0956. The van der Waals surface area contributed by atoms with Gasteiger partial charge in [0.1, 0.15) is 0 Å². The molecule has 0 saturated heterocycles. The van der Waals surface area contributed by atoms with Crippen LogP contribution in [0.3, 0.4) is 0 Å². The summed E-state index contributed by atoms with van der Waals surface area (Å²) in [5, 5.41) is 7.24. The Balaban J connectivity index is 2.58. The summed E-state index contributed by atoms with van der Waals surface area (Å²) in [5.41, 5.74) is 6.36. The van der Waals surface area contributed by atoms with Gasteiger partial charge < -0.3 is 11.1 Å². The molecule has 0 aliphatic rings. The average molecular weight is 258 g/mol. The number of amides is 1. The first-order chi connectivity index (χ1) is 7.92. The summed E-state index contributed by atoms with van der Waals surface area (Å²) in [6.07, 6.45) is 1.47. The number of carbonyl (C=O) groups excluding carboxylic acids is 1. The van der Waals surface area contributed by atoms with Crippen LogP contribution < -0.4 is 16.2 Å². The van der Waals surface area contributed by atoms with Crippen LogP contribution >= 0.6 is 0 Å². The molecule has 7 nitrogen and oxygen atoms in total. The summed E-state index contributed by atoms with van der Waals surface area (Å²) in [6.45, 7) is 0.205. The van der Waals surface area contributed by atoms with Crippen LogP contribution in [0.2, 0.25) is 0 Å². The molecule has 0 aromatic carbocycles. The van der Waals surface area contributed by atoms with Gasteiger partial charge >= 0.3 is 0 Å². The SMILES string of the molecule is NCc1cc(C(=O)NCCS(N)(=O)=O)ccn1. The summed E-state index contributed by atoms with van der Waals surface area (Å²) in [7, 11) is -3.56. The van der Waals surface area contributed by atoms with Gasteiger partial charge in [0, 0.05) is 24.8 Å². The fraction of sp³-hybridized carbons (Fsp3) is 0.333. The van der Waals surface area contributed by atoms with E-state index in [9.17, 15) is 13.2 Å². The zero-order valence-corrected chi connectivity index (χ0v) is 9.90. The number of primary sulfonamides is 1. The zero-order valence-electron chi connectivity index (χ0n) is 9.09. The summed E-state index contributed by atoms with van der Waals surface area (Å²) in [6, 6.07) is 3.07. The highest BCUT2D eigenvalue weighted by atomic mass is 32.2. The molecule has 8 heteroatoms. The molecule has 0 fully saturated rings. The number of rotatable bonds is 5. The van der Waals surface area contributed by atoms with Gasteiger partial charge in [0.25, 0.3) is 5.91 Å². The van der Waals surface area contributed by atoms with Crippen molar-refractivity contribution in [2.75, 3.05) is 12.3 Å². The van der Waals surface area contributed by atoms with Gasteiger partial charge in [0.05, 0.1) is 11.4 Å². The van der Waals surface area contributed by atoms with Crippen molar-refractivity contribution in [3.63, 3.8) is 0 Å². The molecule has 17 heavy (non-hydrogen) atoms. The van der Waals surface area contributed by atoms with Crippen LogP contribution in [0.15, 0.2) is 18.3 Å². The number of sulfonamides is 1. The zero-order chi connectivity index (χ0) is 12.9. The lowest BCUT2D eigenvalue weighted by Gasteiger charge is -2.05. The molecule has 0 spiro atoms. The molecule has 5 N–H and O–H groups in total. The Morgan fingerprint density at radius 1 is 1.47 bits per heavy atom. The number of nitrogens with zero attached hydrogens (tertiary/aromatic N) is 1. The molecule has 1 aromatic rings. The van der Waals surface area contributed by atoms with Crippen LogP contribution in [0.1, 0.15) is 16.1 Å². The van der Waals surface area contributed by atoms with E-state index < -0.39 is 10.0 Å². The Kier molecular flexibility index (Phi) is 4.55. The van der Waals surface area contributed by atoms with Crippen molar-refractivity contribution in [3.05, 3.63) is 29.6 Å². The maximum absolute atomic E-state index is 11.6. The van der Waals surface area contributed by atoms with E-state index in [1.165, 1.54) is 12.3 Å². The van der Waals surface area contributed by atoms with Crippen LogP contribution in [0.5, 0.6) is 0 Å². The van der Waals surface area contributed by atoms with E-state index in [-0.39, 0.29) is 24.7 Å². The van der Waals surface area contributed by atoms with E-state index in [2.05, 4.69) is 10.3 Å².